The number of thiophene rings is 1. The predicted molar refractivity (Wildman–Crippen MR) is 63.9 cm³/mol. The average Bonchev–Trinajstić information content (AvgIpc) is 2.63. The van der Waals surface area contributed by atoms with Gasteiger partial charge in [0.25, 0.3) is 10.0 Å². The minimum absolute atomic E-state index is 0.0237. The second-order valence-corrected chi connectivity index (χ2v) is 7.20. The van der Waals surface area contributed by atoms with Crippen molar-refractivity contribution in [3.8, 4) is 0 Å². The lowest BCUT2D eigenvalue weighted by Crippen LogP contribution is -2.40. The largest absolute Gasteiger partial charge is 0.478 e. The van der Waals surface area contributed by atoms with Gasteiger partial charge in [0.05, 0.1) is 5.56 Å². The van der Waals surface area contributed by atoms with Crippen molar-refractivity contribution < 1.29 is 18.3 Å². The molecule has 17 heavy (non-hydrogen) atoms. The molecule has 1 N–H and O–H groups in total. The highest BCUT2D eigenvalue weighted by Gasteiger charge is 2.32. The smallest absolute Gasteiger partial charge is 0.336 e. The number of aromatic carboxylic acids is 1. The van der Waals surface area contributed by atoms with Crippen LogP contribution in [0.2, 0.25) is 0 Å². The number of rotatable bonds is 4. The molecule has 0 spiro atoms. The van der Waals surface area contributed by atoms with E-state index >= 15 is 0 Å². The maximum absolute atomic E-state index is 12.1. The SMILES string of the molecule is CN(C1CCC1)S(=O)(=O)c1cc(C(=O)O)cs1. The van der Waals surface area contributed by atoms with Crippen molar-refractivity contribution in [3.63, 3.8) is 0 Å². The Morgan fingerprint density at radius 2 is 2.18 bits per heavy atom. The van der Waals surface area contributed by atoms with Gasteiger partial charge in [0.1, 0.15) is 4.21 Å². The van der Waals surface area contributed by atoms with E-state index in [4.69, 9.17) is 5.11 Å². The van der Waals surface area contributed by atoms with Gasteiger partial charge < -0.3 is 5.11 Å². The Kier molecular flexibility index (Phi) is 3.24. The number of sulfonamides is 1. The van der Waals surface area contributed by atoms with Gasteiger partial charge in [-0.05, 0) is 18.9 Å². The molecule has 2 rings (SSSR count). The van der Waals surface area contributed by atoms with Crippen LogP contribution in [0.25, 0.3) is 0 Å². The summed E-state index contributed by atoms with van der Waals surface area (Å²) in [5.74, 6) is -1.10. The highest BCUT2D eigenvalue weighted by atomic mass is 32.2. The van der Waals surface area contributed by atoms with E-state index in [-0.39, 0.29) is 15.8 Å². The van der Waals surface area contributed by atoms with Crippen LogP contribution in [0.3, 0.4) is 0 Å². The fourth-order valence-electron chi connectivity index (χ4n) is 1.65. The Labute approximate surface area is 104 Å². The minimum Gasteiger partial charge on any atom is -0.478 e. The second-order valence-electron chi connectivity index (χ2n) is 4.07. The zero-order chi connectivity index (χ0) is 12.6. The van der Waals surface area contributed by atoms with Crippen molar-refractivity contribution in [3.05, 3.63) is 17.0 Å². The van der Waals surface area contributed by atoms with Gasteiger partial charge in [-0.2, -0.15) is 4.31 Å². The molecule has 1 heterocycles. The molecular weight excluding hydrogens is 262 g/mol. The molecule has 0 atom stereocenters. The van der Waals surface area contributed by atoms with E-state index in [0.29, 0.717) is 0 Å². The van der Waals surface area contributed by atoms with Crippen molar-refractivity contribution in [1.29, 1.82) is 0 Å². The molecule has 0 amide bonds. The molecule has 7 heteroatoms. The predicted octanol–water partition coefficient (Wildman–Crippen LogP) is 1.62. The first-order chi connectivity index (χ1) is 7.93. The highest BCUT2D eigenvalue weighted by molar-refractivity contribution is 7.91. The number of carboxylic acid groups (broad SMARTS) is 1. The molecule has 5 nitrogen and oxygen atoms in total. The van der Waals surface area contributed by atoms with Crippen LogP contribution in [0.4, 0.5) is 0 Å². The molecule has 1 aromatic rings. The third-order valence-corrected chi connectivity index (χ3v) is 6.37. The van der Waals surface area contributed by atoms with Crippen LogP contribution in [0.15, 0.2) is 15.7 Å². The van der Waals surface area contributed by atoms with Crippen LogP contribution >= 0.6 is 11.3 Å². The molecule has 0 radical (unpaired) electrons. The first-order valence-corrected chi connectivity index (χ1v) is 7.55. The van der Waals surface area contributed by atoms with Crippen molar-refractivity contribution in [1.82, 2.24) is 4.31 Å². The number of nitrogens with zero attached hydrogens (tertiary/aromatic N) is 1. The van der Waals surface area contributed by atoms with E-state index in [1.54, 1.807) is 7.05 Å². The van der Waals surface area contributed by atoms with Gasteiger partial charge in [0, 0.05) is 18.5 Å². The minimum atomic E-state index is -3.52. The molecule has 1 aliphatic rings. The molecule has 0 aromatic carbocycles. The molecule has 0 aliphatic heterocycles. The third kappa shape index (κ3) is 2.22. The lowest BCUT2D eigenvalue weighted by molar-refractivity contribution is 0.0697. The van der Waals surface area contributed by atoms with E-state index < -0.39 is 16.0 Å². The zero-order valence-corrected chi connectivity index (χ0v) is 10.9. The lowest BCUT2D eigenvalue weighted by Gasteiger charge is -2.33. The molecule has 1 aliphatic carbocycles. The Bertz CT molecular complexity index is 530. The van der Waals surface area contributed by atoms with Crippen LogP contribution in [0.5, 0.6) is 0 Å². The van der Waals surface area contributed by atoms with E-state index in [1.807, 2.05) is 0 Å². The summed E-state index contributed by atoms with van der Waals surface area (Å²) in [6.45, 7) is 0. The molecule has 1 fully saturated rings. The monoisotopic (exact) mass is 275 g/mol. The summed E-state index contributed by atoms with van der Waals surface area (Å²) in [5, 5.41) is 10.1. The van der Waals surface area contributed by atoms with Crippen LogP contribution in [-0.2, 0) is 10.0 Å². The maximum atomic E-state index is 12.1. The van der Waals surface area contributed by atoms with Gasteiger partial charge in [0.15, 0.2) is 0 Å². The van der Waals surface area contributed by atoms with Crippen molar-refractivity contribution in [2.24, 2.45) is 0 Å². The molecule has 94 valence electrons. The van der Waals surface area contributed by atoms with E-state index in [0.717, 1.165) is 30.6 Å². The summed E-state index contributed by atoms with van der Waals surface area (Å²) in [5.41, 5.74) is 0.0237. The van der Waals surface area contributed by atoms with Crippen molar-refractivity contribution in [2.45, 2.75) is 29.5 Å². The summed E-state index contributed by atoms with van der Waals surface area (Å²) in [6, 6.07) is 1.28. The summed E-state index contributed by atoms with van der Waals surface area (Å²) < 4.78 is 25.7. The number of carboxylic acids is 1. The Balaban J connectivity index is 2.27. The first kappa shape index (κ1) is 12.5. The quantitative estimate of drug-likeness (QED) is 0.906. The van der Waals surface area contributed by atoms with Gasteiger partial charge in [-0.25, -0.2) is 13.2 Å². The van der Waals surface area contributed by atoms with Crippen LogP contribution in [0.1, 0.15) is 29.6 Å². The summed E-state index contributed by atoms with van der Waals surface area (Å²) in [6.07, 6.45) is 2.81. The van der Waals surface area contributed by atoms with E-state index in [9.17, 15) is 13.2 Å². The van der Waals surface area contributed by atoms with E-state index in [2.05, 4.69) is 0 Å². The van der Waals surface area contributed by atoms with Crippen molar-refractivity contribution in [2.75, 3.05) is 7.05 Å². The molecule has 0 saturated heterocycles. The zero-order valence-electron chi connectivity index (χ0n) is 9.29. The van der Waals surface area contributed by atoms with Crippen LogP contribution in [-0.4, -0.2) is 36.9 Å². The summed E-state index contributed by atoms with van der Waals surface area (Å²) >= 11 is 0.955. The third-order valence-electron chi connectivity index (χ3n) is 3.04. The lowest BCUT2D eigenvalue weighted by atomic mass is 9.94. The topological polar surface area (TPSA) is 74.7 Å². The Hall–Kier alpha value is -0.920. The molecule has 1 aromatic heterocycles. The van der Waals surface area contributed by atoms with Crippen LogP contribution < -0.4 is 0 Å². The average molecular weight is 275 g/mol. The molecule has 0 unspecified atom stereocenters. The van der Waals surface area contributed by atoms with Gasteiger partial charge in [-0.3, -0.25) is 0 Å². The number of carbonyl (C=O) groups is 1. The number of hydrogen-bond acceptors (Lipinski definition) is 4. The Morgan fingerprint density at radius 3 is 2.59 bits per heavy atom. The molecule has 0 bridgehead atoms. The number of hydrogen-bond donors (Lipinski definition) is 1. The standard InChI is InChI=1S/C10H13NO4S2/c1-11(8-3-2-4-8)17(14,15)9-5-7(6-16-9)10(12)13/h5-6,8H,2-4H2,1H3,(H,12,13). The fraction of sp³-hybridized carbons (Fsp3) is 0.500. The maximum Gasteiger partial charge on any atom is 0.336 e. The highest BCUT2D eigenvalue weighted by Crippen LogP contribution is 2.30. The van der Waals surface area contributed by atoms with Gasteiger partial charge in [-0.1, -0.05) is 6.42 Å². The summed E-state index contributed by atoms with van der Waals surface area (Å²) in [7, 11) is -1.97. The fourth-order valence-corrected chi connectivity index (χ4v) is 4.41. The van der Waals surface area contributed by atoms with Crippen LogP contribution in [0, 0.1) is 0 Å². The normalized spacial score (nSPS) is 17.1. The first-order valence-electron chi connectivity index (χ1n) is 5.23. The molecule has 1 saturated carbocycles. The Morgan fingerprint density at radius 1 is 1.53 bits per heavy atom. The van der Waals surface area contributed by atoms with Gasteiger partial charge in [0.2, 0.25) is 0 Å². The van der Waals surface area contributed by atoms with Crippen molar-refractivity contribution >= 4 is 27.3 Å². The van der Waals surface area contributed by atoms with Gasteiger partial charge >= 0.3 is 5.97 Å². The van der Waals surface area contributed by atoms with E-state index in [1.165, 1.54) is 15.8 Å². The summed E-state index contributed by atoms with van der Waals surface area (Å²) in [4.78, 5) is 10.7. The molecular formula is C10H13NO4S2. The second kappa shape index (κ2) is 4.40. The van der Waals surface area contributed by atoms with Gasteiger partial charge in [-0.15, -0.1) is 11.3 Å².